The fourth-order valence-corrected chi connectivity index (χ4v) is 2.05. The van der Waals surface area contributed by atoms with Crippen LogP contribution in [-0.2, 0) is 22.6 Å². The van der Waals surface area contributed by atoms with Gasteiger partial charge in [0.05, 0.1) is 13.0 Å². The first kappa shape index (κ1) is 13.5. The first-order chi connectivity index (χ1) is 9.10. The van der Waals surface area contributed by atoms with E-state index >= 15 is 0 Å². The molecule has 0 radical (unpaired) electrons. The molecular formula is C14H19N3O2. The molecule has 5 nitrogen and oxygen atoms in total. The molecule has 0 saturated carbocycles. The number of nitrogens with two attached hydrogens (primary N) is 1. The summed E-state index contributed by atoms with van der Waals surface area (Å²) >= 11 is 0. The van der Waals surface area contributed by atoms with Gasteiger partial charge in [-0.25, -0.2) is 0 Å². The Kier molecular flexibility index (Phi) is 4.16. The van der Waals surface area contributed by atoms with Crippen LogP contribution in [0.4, 0.5) is 0 Å². The van der Waals surface area contributed by atoms with E-state index in [9.17, 15) is 9.59 Å². The zero-order chi connectivity index (χ0) is 13.8. The second-order valence-electron chi connectivity index (χ2n) is 4.83. The van der Waals surface area contributed by atoms with Crippen molar-refractivity contribution in [3.05, 3.63) is 35.4 Å². The van der Waals surface area contributed by atoms with E-state index in [1.165, 1.54) is 0 Å². The van der Waals surface area contributed by atoms with E-state index in [-0.39, 0.29) is 18.4 Å². The average Bonchev–Trinajstić information content (AvgIpc) is 2.42. The van der Waals surface area contributed by atoms with Gasteiger partial charge in [-0.3, -0.25) is 9.59 Å². The molecule has 1 fully saturated rings. The number of likely N-dealkylation sites (N-methyl/N-ethyl adjacent to an activating group) is 1. The fourth-order valence-electron chi connectivity index (χ4n) is 2.05. The van der Waals surface area contributed by atoms with Crippen molar-refractivity contribution < 1.29 is 9.59 Å². The largest absolute Gasteiger partial charge is 0.342 e. The lowest BCUT2D eigenvalue weighted by Gasteiger charge is -2.32. The molecule has 1 aromatic rings. The Hall–Kier alpha value is -1.88. The van der Waals surface area contributed by atoms with Crippen LogP contribution in [0.1, 0.15) is 11.1 Å². The first-order valence-electron chi connectivity index (χ1n) is 6.40. The Morgan fingerprint density at radius 2 is 1.84 bits per heavy atom. The first-order valence-corrected chi connectivity index (χ1v) is 6.40. The molecule has 2 amide bonds. The average molecular weight is 261 g/mol. The number of nitrogens with zero attached hydrogens (tertiary/aromatic N) is 2. The molecule has 0 aliphatic carbocycles. The Morgan fingerprint density at radius 1 is 1.21 bits per heavy atom. The number of carbonyl (C=O) groups excluding carboxylic acids is 2. The summed E-state index contributed by atoms with van der Waals surface area (Å²) in [4.78, 5) is 26.9. The minimum absolute atomic E-state index is 0.00178. The van der Waals surface area contributed by atoms with Crippen molar-refractivity contribution in [1.29, 1.82) is 0 Å². The zero-order valence-corrected chi connectivity index (χ0v) is 11.1. The smallest absolute Gasteiger partial charge is 0.241 e. The van der Waals surface area contributed by atoms with E-state index in [0.717, 1.165) is 11.1 Å². The van der Waals surface area contributed by atoms with Crippen molar-refractivity contribution in [2.75, 3.05) is 26.7 Å². The minimum Gasteiger partial charge on any atom is -0.342 e. The predicted octanol–water partition coefficient (Wildman–Crippen LogP) is -0.0116. The van der Waals surface area contributed by atoms with Crippen LogP contribution in [0.2, 0.25) is 0 Å². The van der Waals surface area contributed by atoms with E-state index < -0.39 is 0 Å². The van der Waals surface area contributed by atoms with Crippen LogP contribution in [0.3, 0.4) is 0 Å². The number of piperazine rings is 1. The summed E-state index contributed by atoms with van der Waals surface area (Å²) in [6, 6.07) is 7.69. The summed E-state index contributed by atoms with van der Waals surface area (Å²) in [6.45, 7) is 1.91. The zero-order valence-electron chi connectivity index (χ0n) is 11.1. The number of hydrogen-bond acceptors (Lipinski definition) is 3. The second kappa shape index (κ2) is 5.84. The summed E-state index contributed by atoms with van der Waals surface area (Å²) in [5.41, 5.74) is 7.53. The van der Waals surface area contributed by atoms with Crippen molar-refractivity contribution in [3.63, 3.8) is 0 Å². The molecule has 0 atom stereocenters. The number of hydrogen-bond donors (Lipinski definition) is 1. The highest BCUT2D eigenvalue weighted by Gasteiger charge is 2.24. The maximum atomic E-state index is 12.1. The van der Waals surface area contributed by atoms with Crippen molar-refractivity contribution in [2.24, 2.45) is 5.73 Å². The van der Waals surface area contributed by atoms with E-state index in [2.05, 4.69) is 0 Å². The molecule has 1 aliphatic rings. The van der Waals surface area contributed by atoms with Gasteiger partial charge in [0.1, 0.15) is 0 Å². The third-order valence-corrected chi connectivity index (χ3v) is 3.42. The number of carbonyl (C=O) groups is 2. The van der Waals surface area contributed by atoms with Crippen molar-refractivity contribution in [2.45, 2.75) is 13.0 Å². The topological polar surface area (TPSA) is 66.6 Å². The Balaban J connectivity index is 1.95. The fraction of sp³-hybridized carbons (Fsp3) is 0.429. The minimum atomic E-state index is -0.00178. The van der Waals surface area contributed by atoms with Crippen LogP contribution >= 0.6 is 0 Å². The van der Waals surface area contributed by atoms with E-state index in [0.29, 0.717) is 26.1 Å². The van der Waals surface area contributed by atoms with Gasteiger partial charge in [0.25, 0.3) is 0 Å². The van der Waals surface area contributed by atoms with E-state index in [1.807, 2.05) is 24.3 Å². The van der Waals surface area contributed by atoms with Crippen LogP contribution < -0.4 is 5.73 Å². The number of benzene rings is 1. The highest BCUT2D eigenvalue weighted by molar-refractivity contribution is 5.86. The van der Waals surface area contributed by atoms with Gasteiger partial charge >= 0.3 is 0 Å². The third-order valence-electron chi connectivity index (χ3n) is 3.42. The van der Waals surface area contributed by atoms with Crippen LogP contribution in [0.15, 0.2) is 24.3 Å². The van der Waals surface area contributed by atoms with Gasteiger partial charge in [0, 0.05) is 26.7 Å². The molecule has 19 heavy (non-hydrogen) atoms. The molecule has 2 N–H and O–H groups in total. The maximum absolute atomic E-state index is 12.1. The lowest BCUT2D eigenvalue weighted by Crippen LogP contribution is -2.51. The van der Waals surface area contributed by atoms with Gasteiger partial charge in [-0.15, -0.1) is 0 Å². The predicted molar refractivity (Wildman–Crippen MR) is 72.3 cm³/mol. The summed E-state index contributed by atoms with van der Waals surface area (Å²) in [5.74, 6) is 0.0000261. The van der Waals surface area contributed by atoms with Crippen LogP contribution in [0.5, 0.6) is 0 Å². The number of rotatable bonds is 3. The molecule has 0 aromatic heterocycles. The third kappa shape index (κ3) is 3.32. The molecule has 1 saturated heterocycles. The van der Waals surface area contributed by atoms with Gasteiger partial charge in [-0.05, 0) is 11.1 Å². The van der Waals surface area contributed by atoms with Gasteiger partial charge < -0.3 is 15.5 Å². The molecular weight excluding hydrogens is 242 g/mol. The molecule has 2 rings (SSSR count). The normalized spacial score (nSPS) is 15.8. The highest BCUT2D eigenvalue weighted by atomic mass is 16.2. The lowest BCUT2D eigenvalue weighted by molar-refractivity contribution is -0.143. The Labute approximate surface area is 113 Å². The van der Waals surface area contributed by atoms with Crippen LogP contribution in [0.25, 0.3) is 0 Å². The summed E-state index contributed by atoms with van der Waals surface area (Å²) in [6.07, 6.45) is 0.335. The molecule has 0 spiro atoms. The lowest BCUT2D eigenvalue weighted by atomic mass is 10.1. The Bertz CT molecular complexity index is 470. The molecule has 1 heterocycles. The quantitative estimate of drug-likeness (QED) is 0.832. The standard InChI is InChI=1S/C14H19N3O2/c1-16-6-7-17(10-14(16)19)13(18)8-11-2-4-12(9-15)5-3-11/h2-5H,6-10,15H2,1H3. The van der Waals surface area contributed by atoms with Crippen molar-refractivity contribution in [1.82, 2.24) is 9.80 Å². The van der Waals surface area contributed by atoms with E-state index in [1.54, 1.807) is 16.8 Å². The number of amides is 2. The highest BCUT2D eigenvalue weighted by Crippen LogP contribution is 2.08. The maximum Gasteiger partial charge on any atom is 0.241 e. The Morgan fingerprint density at radius 3 is 2.42 bits per heavy atom. The molecule has 5 heteroatoms. The molecule has 102 valence electrons. The van der Waals surface area contributed by atoms with Gasteiger partial charge in [0.2, 0.25) is 11.8 Å². The molecule has 1 aromatic carbocycles. The van der Waals surface area contributed by atoms with Crippen molar-refractivity contribution >= 4 is 11.8 Å². The summed E-state index contributed by atoms with van der Waals surface area (Å²) < 4.78 is 0. The molecule has 1 aliphatic heterocycles. The van der Waals surface area contributed by atoms with Gasteiger partial charge in [-0.2, -0.15) is 0 Å². The summed E-state index contributed by atoms with van der Waals surface area (Å²) in [5, 5.41) is 0. The summed E-state index contributed by atoms with van der Waals surface area (Å²) in [7, 11) is 1.76. The van der Waals surface area contributed by atoms with Crippen LogP contribution in [-0.4, -0.2) is 48.3 Å². The van der Waals surface area contributed by atoms with Gasteiger partial charge in [0.15, 0.2) is 0 Å². The second-order valence-corrected chi connectivity index (χ2v) is 4.83. The van der Waals surface area contributed by atoms with Crippen LogP contribution in [0, 0.1) is 0 Å². The SMILES string of the molecule is CN1CCN(C(=O)Cc2ccc(CN)cc2)CC1=O. The molecule has 0 bridgehead atoms. The van der Waals surface area contributed by atoms with E-state index in [4.69, 9.17) is 5.73 Å². The van der Waals surface area contributed by atoms with Gasteiger partial charge in [-0.1, -0.05) is 24.3 Å². The van der Waals surface area contributed by atoms with Crippen molar-refractivity contribution in [3.8, 4) is 0 Å². The monoisotopic (exact) mass is 261 g/mol. The molecule has 0 unspecified atom stereocenters.